The van der Waals surface area contributed by atoms with Gasteiger partial charge in [-0.3, -0.25) is 4.68 Å². The summed E-state index contributed by atoms with van der Waals surface area (Å²) in [6.07, 6.45) is 3.92. The average Bonchev–Trinajstić information content (AvgIpc) is 2.54. The maximum absolute atomic E-state index is 5.79. The van der Waals surface area contributed by atoms with E-state index in [1.54, 1.807) is 0 Å². The van der Waals surface area contributed by atoms with E-state index in [0.717, 1.165) is 18.8 Å². The van der Waals surface area contributed by atoms with Gasteiger partial charge in [0.15, 0.2) is 0 Å². The lowest BCUT2D eigenvalue weighted by molar-refractivity contribution is 0.559. The predicted molar refractivity (Wildman–Crippen MR) is 61.9 cm³/mol. The standard InChI is InChI=1S/C11H20N4/c1-9-10(8-12)11(14(2)13-9)15-6-4-3-5-7-15/h3-8,12H2,1-2H3. The highest BCUT2D eigenvalue weighted by Gasteiger charge is 2.19. The molecule has 2 heterocycles. The summed E-state index contributed by atoms with van der Waals surface area (Å²) in [5, 5.41) is 4.45. The first-order chi connectivity index (χ1) is 7.24. The highest BCUT2D eigenvalue weighted by atomic mass is 15.4. The minimum Gasteiger partial charge on any atom is -0.357 e. The largest absolute Gasteiger partial charge is 0.357 e. The Labute approximate surface area is 91.1 Å². The van der Waals surface area contributed by atoms with Crippen molar-refractivity contribution in [1.82, 2.24) is 9.78 Å². The number of hydrogen-bond acceptors (Lipinski definition) is 3. The SMILES string of the molecule is Cc1nn(C)c(N2CCCCC2)c1CN. The quantitative estimate of drug-likeness (QED) is 0.794. The van der Waals surface area contributed by atoms with E-state index in [9.17, 15) is 0 Å². The van der Waals surface area contributed by atoms with E-state index in [4.69, 9.17) is 5.73 Å². The predicted octanol–water partition coefficient (Wildman–Crippen LogP) is 1.18. The van der Waals surface area contributed by atoms with E-state index < -0.39 is 0 Å². The van der Waals surface area contributed by atoms with E-state index in [-0.39, 0.29) is 0 Å². The fourth-order valence-electron chi connectivity index (χ4n) is 2.43. The first kappa shape index (κ1) is 10.5. The van der Waals surface area contributed by atoms with Gasteiger partial charge in [-0.05, 0) is 26.2 Å². The lowest BCUT2D eigenvalue weighted by Gasteiger charge is -2.29. The molecule has 15 heavy (non-hydrogen) atoms. The molecule has 0 bridgehead atoms. The van der Waals surface area contributed by atoms with Gasteiger partial charge in [0.1, 0.15) is 5.82 Å². The van der Waals surface area contributed by atoms with Crippen molar-refractivity contribution >= 4 is 5.82 Å². The summed E-state index contributed by atoms with van der Waals surface area (Å²) in [6.45, 7) is 4.92. The minimum atomic E-state index is 0.589. The summed E-state index contributed by atoms with van der Waals surface area (Å²) in [4.78, 5) is 2.42. The third-order valence-electron chi connectivity index (χ3n) is 3.17. The molecule has 1 aliphatic rings. The topological polar surface area (TPSA) is 47.1 Å². The fourth-order valence-corrected chi connectivity index (χ4v) is 2.43. The third kappa shape index (κ3) is 1.86. The van der Waals surface area contributed by atoms with Crippen molar-refractivity contribution in [2.75, 3.05) is 18.0 Å². The molecular weight excluding hydrogens is 188 g/mol. The highest BCUT2D eigenvalue weighted by Crippen LogP contribution is 2.25. The van der Waals surface area contributed by atoms with Crippen LogP contribution in [0.25, 0.3) is 0 Å². The molecule has 4 nitrogen and oxygen atoms in total. The number of aryl methyl sites for hydroxylation is 2. The summed E-state index contributed by atoms with van der Waals surface area (Å²) in [7, 11) is 2.01. The zero-order valence-electron chi connectivity index (χ0n) is 9.66. The van der Waals surface area contributed by atoms with Gasteiger partial charge in [0.25, 0.3) is 0 Å². The molecule has 1 aliphatic heterocycles. The van der Waals surface area contributed by atoms with Gasteiger partial charge in [0.2, 0.25) is 0 Å². The number of piperidine rings is 1. The molecule has 84 valence electrons. The monoisotopic (exact) mass is 208 g/mol. The summed E-state index contributed by atoms with van der Waals surface area (Å²) in [5.41, 5.74) is 8.07. The molecule has 0 aromatic carbocycles. The van der Waals surface area contributed by atoms with Gasteiger partial charge in [0, 0.05) is 32.2 Å². The molecule has 1 saturated heterocycles. The van der Waals surface area contributed by atoms with Crippen LogP contribution in [-0.2, 0) is 13.6 Å². The second-order valence-corrected chi connectivity index (χ2v) is 4.26. The van der Waals surface area contributed by atoms with Crippen LogP contribution in [0.15, 0.2) is 0 Å². The van der Waals surface area contributed by atoms with Crippen LogP contribution in [0.3, 0.4) is 0 Å². The Morgan fingerprint density at radius 3 is 2.53 bits per heavy atom. The Morgan fingerprint density at radius 2 is 1.93 bits per heavy atom. The second-order valence-electron chi connectivity index (χ2n) is 4.26. The number of nitrogens with zero attached hydrogens (tertiary/aromatic N) is 3. The number of rotatable bonds is 2. The second kappa shape index (κ2) is 4.23. The van der Waals surface area contributed by atoms with Gasteiger partial charge in [-0.1, -0.05) is 0 Å². The molecular formula is C11H20N4. The van der Waals surface area contributed by atoms with Crippen molar-refractivity contribution in [2.45, 2.75) is 32.7 Å². The van der Waals surface area contributed by atoms with E-state index in [0.29, 0.717) is 6.54 Å². The first-order valence-electron chi connectivity index (χ1n) is 5.71. The third-order valence-corrected chi connectivity index (χ3v) is 3.17. The smallest absolute Gasteiger partial charge is 0.131 e. The molecule has 2 rings (SSSR count). The minimum absolute atomic E-state index is 0.589. The molecule has 0 spiro atoms. The Balaban J connectivity index is 2.32. The molecule has 1 aromatic heterocycles. The zero-order valence-corrected chi connectivity index (χ0v) is 9.66. The van der Waals surface area contributed by atoms with Gasteiger partial charge in [-0.15, -0.1) is 0 Å². The average molecular weight is 208 g/mol. The zero-order chi connectivity index (χ0) is 10.8. The molecule has 1 fully saturated rings. The van der Waals surface area contributed by atoms with Gasteiger partial charge in [0.05, 0.1) is 5.69 Å². The van der Waals surface area contributed by atoms with Gasteiger partial charge >= 0.3 is 0 Å². The van der Waals surface area contributed by atoms with Crippen LogP contribution in [0, 0.1) is 6.92 Å². The van der Waals surface area contributed by atoms with Crippen LogP contribution in [0.4, 0.5) is 5.82 Å². The number of anilines is 1. The van der Waals surface area contributed by atoms with Gasteiger partial charge in [-0.2, -0.15) is 5.10 Å². The van der Waals surface area contributed by atoms with E-state index >= 15 is 0 Å². The lowest BCUT2D eigenvalue weighted by atomic mass is 10.1. The Kier molecular flexibility index (Phi) is 2.95. The lowest BCUT2D eigenvalue weighted by Crippen LogP contribution is -2.32. The van der Waals surface area contributed by atoms with Crippen LogP contribution in [0.2, 0.25) is 0 Å². The van der Waals surface area contributed by atoms with E-state index in [2.05, 4.69) is 10.00 Å². The fraction of sp³-hybridized carbons (Fsp3) is 0.727. The molecule has 0 unspecified atom stereocenters. The van der Waals surface area contributed by atoms with Crippen LogP contribution in [0.5, 0.6) is 0 Å². The van der Waals surface area contributed by atoms with Crippen LogP contribution in [-0.4, -0.2) is 22.9 Å². The Morgan fingerprint density at radius 1 is 1.27 bits per heavy atom. The Hall–Kier alpha value is -1.03. The van der Waals surface area contributed by atoms with E-state index in [1.165, 1.54) is 30.6 Å². The number of aromatic nitrogens is 2. The molecule has 0 atom stereocenters. The molecule has 1 aromatic rings. The molecule has 0 saturated carbocycles. The van der Waals surface area contributed by atoms with Crippen LogP contribution >= 0.6 is 0 Å². The molecule has 0 amide bonds. The first-order valence-corrected chi connectivity index (χ1v) is 5.71. The molecule has 0 aliphatic carbocycles. The summed E-state index contributed by atoms with van der Waals surface area (Å²) < 4.78 is 1.98. The normalized spacial score (nSPS) is 17.1. The van der Waals surface area contributed by atoms with Crippen molar-refractivity contribution in [3.8, 4) is 0 Å². The highest BCUT2D eigenvalue weighted by molar-refractivity contribution is 5.50. The Bertz CT molecular complexity index is 337. The molecule has 2 N–H and O–H groups in total. The van der Waals surface area contributed by atoms with Crippen molar-refractivity contribution < 1.29 is 0 Å². The summed E-state index contributed by atoms with van der Waals surface area (Å²) >= 11 is 0. The van der Waals surface area contributed by atoms with E-state index in [1.807, 2.05) is 18.7 Å². The maximum Gasteiger partial charge on any atom is 0.131 e. The van der Waals surface area contributed by atoms with Gasteiger partial charge in [-0.25, -0.2) is 0 Å². The molecule has 4 heteroatoms. The van der Waals surface area contributed by atoms with Crippen LogP contribution in [0.1, 0.15) is 30.5 Å². The van der Waals surface area contributed by atoms with Gasteiger partial charge < -0.3 is 10.6 Å². The maximum atomic E-state index is 5.79. The summed E-state index contributed by atoms with van der Waals surface area (Å²) in [5.74, 6) is 1.23. The summed E-state index contributed by atoms with van der Waals surface area (Å²) in [6, 6.07) is 0. The van der Waals surface area contributed by atoms with Crippen molar-refractivity contribution in [1.29, 1.82) is 0 Å². The molecule has 0 radical (unpaired) electrons. The van der Waals surface area contributed by atoms with Crippen molar-refractivity contribution in [3.63, 3.8) is 0 Å². The number of nitrogens with two attached hydrogens (primary N) is 1. The van der Waals surface area contributed by atoms with Crippen molar-refractivity contribution in [2.24, 2.45) is 12.8 Å². The van der Waals surface area contributed by atoms with Crippen molar-refractivity contribution in [3.05, 3.63) is 11.3 Å². The van der Waals surface area contributed by atoms with Crippen LogP contribution < -0.4 is 10.6 Å². The number of hydrogen-bond donors (Lipinski definition) is 1.